The van der Waals surface area contributed by atoms with Gasteiger partial charge in [0, 0.05) is 19.3 Å². The van der Waals surface area contributed by atoms with Gasteiger partial charge in [-0.25, -0.2) is 0 Å². The highest BCUT2D eigenvalue weighted by Crippen LogP contribution is 2.25. The number of aryl methyl sites for hydroxylation is 2. The number of hydrogen-bond acceptors (Lipinski definition) is 2. The molecule has 4 nitrogen and oxygen atoms in total. The third-order valence-electron chi connectivity index (χ3n) is 3.29. The molecule has 0 saturated heterocycles. The summed E-state index contributed by atoms with van der Waals surface area (Å²) in [5.74, 6) is 0.717. The van der Waals surface area contributed by atoms with Gasteiger partial charge in [0.1, 0.15) is 0 Å². The van der Waals surface area contributed by atoms with Crippen molar-refractivity contribution in [2.24, 2.45) is 5.92 Å². The van der Waals surface area contributed by atoms with E-state index in [2.05, 4.69) is 10.4 Å². The van der Waals surface area contributed by atoms with Crippen molar-refractivity contribution in [2.45, 2.75) is 39.7 Å². The van der Waals surface area contributed by atoms with Crippen LogP contribution in [0.5, 0.6) is 0 Å². The summed E-state index contributed by atoms with van der Waals surface area (Å²) in [5.41, 5.74) is 1.52. The highest BCUT2D eigenvalue weighted by molar-refractivity contribution is 5.94. The number of aromatic nitrogens is 2. The maximum Gasteiger partial charge on any atom is 0.254 e. The van der Waals surface area contributed by atoms with Crippen LogP contribution in [-0.2, 0) is 6.54 Å². The van der Waals surface area contributed by atoms with E-state index in [1.807, 2.05) is 20.0 Å². The van der Waals surface area contributed by atoms with Gasteiger partial charge in [-0.05, 0) is 32.6 Å². The maximum atomic E-state index is 11.9. The molecule has 0 bridgehead atoms. The zero-order valence-electron chi connectivity index (χ0n) is 9.99. The van der Waals surface area contributed by atoms with Gasteiger partial charge in [-0.1, -0.05) is 6.42 Å². The van der Waals surface area contributed by atoms with Gasteiger partial charge in [0.05, 0.1) is 11.3 Å². The molecule has 1 aliphatic rings. The van der Waals surface area contributed by atoms with Crippen LogP contribution in [0.2, 0.25) is 0 Å². The molecule has 1 heterocycles. The summed E-state index contributed by atoms with van der Waals surface area (Å²) in [5, 5.41) is 7.25. The Balaban J connectivity index is 1.93. The highest BCUT2D eigenvalue weighted by Gasteiger charge is 2.19. The Morgan fingerprint density at radius 2 is 2.38 bits per heavy atom. The average Bonchev–Trinajstić information content (AvgIpc) is 2.57. The molecular weight excluding hydrogens is 202 g/mol. The Hall–Kier alpha value is -1.32. The minimum absolute atomic E-state index is 0.0177. The van der Waals surface area contributed by atoms with Gasteiger partial charge < -0.3 is 5.32 Å². The van der Waals surface area contributed by atoms with Crippen molar-refractivity contribution in [3.8, 4) is 0 Å². The van der Waals surface area contributed by atoms with Gasteiger partial charge in [-0.2, -0.15) is 5.10 Å². The number of carbonyl (C=O) groups is 1. The molecule has 1 amide bonds. The number of nitrogens with zero attached hydrogens (tertiary/aromatic N) is 2. The monoisotopic (exact) mass is 221 g/mol. The Labute approximate surface area is 96.0 Å². The molecule has 0 aromatic carbocycles. The second-order valence-electron chi connectivity index (χ2n) is 4.49. The van der Waals surface area contributed by atoms with Gasteiger partial charge in [0.25, 0.3) is 5.91 Å². The molecule has 4 heteroatoms. The van der Waals surface area contributed by atoms with Crippen molar-refractivity contribution in [1.82, 2.24) is 15.1 Å². The van der Waals surface area contributed by atoms with E-state index in [1.54, 1.807) is 4.68 Å². The predicted octanol–water partition coefficient (Wildman–Crippen LogP) is 1.74. The van der Waals surface area contributed by atoms with Crippen molar-refractivity contribution in [3.63, 3.8) is 0 Å². The quantitative estimate of drug-likeness (QED) is 0.841. The SMILES string of the molecule is CCn1cc(C(=O)NCC2CCC2)c(C)n1. The molecule has 1 aromatic rings. The van der Waals surface area contributed by atoms with Crippen molar-refractivity contribution < 1.29 is 4.79 Å². The molecule has 0 atom stereocenters. The first kappa shape index (κ1) is 11.2. The topological polar surface area (TPSA) is 46.9 Å². The fourth-order valence-corrected chi connectivity index (χ4v) is 1.93. The minimum Gasteiger partial charge on any atom is -0.352 e. The first-order valence-corrected chi connectivity index (χ1v) is 6.03. The van der Waals surface area contributed by atoms with Gasteiger partial charge in [0.2, 0.25) is 0 Å². The van der Waals surface area contributed by atoms with Crippen LogP contribution in [0.15, 0.2) is 6.20 Å². The van der Waals surface area contributed by atoms with Crippen LogP contribution in [0.3, 0.4) is 0 Å². The first-order valence-electron chi connectivity index (χ1n) is 6.03. The lowest BCUT2D eigenvalue weighted by atomic mass is 9.85. The van der Waals surface area contributed by atoms with Gasteiger partial charge in [-0.15, -0.1) is 0 Å². The van der Waals surface area contributed by atoms with Gasteiger partial charge in [0.15, 0.2) is 0 Å². The Morgan fingerprint density at radius 1 is 1.62 bits per heavy atom. The smallest absolute Gasteiger partial charge is 0.254 e. The van der Waals surface area contributed by atoms with E-state index < -0.39 is 0 Å². The summed E-state index contributed by atoms with van der Waals surface area (Å²) in [4.78, 5) is 11.9. The zero-order valence-corrected chi connectivity index (χ0v) is 9.99. The molecule has 1 aromatic heterocycles. The fraction of sp³-hybridized carbons (Fsp3) is 0.667. The molecule has 0 unspecified atom stereocenters. The lowest BCUT2D eigenvalue weighted by molar-refractivity contribution is 0.0938. The Morgan fingerprint density at radius 3 is 2.88 bits per heavy atom. The van der Waals surface area contributed by atoms with E-state index in [0.717, 1.165) is 18.8 Å². The predicted molar refractivity (Wildman–Crippen MR) is 62.3 cm³/mol. The lowest BCUT2D eigenvalue weighted by Crippen LogP contribution is -2.32. The van der Waals surface area contributed by atoms with Gasteiger partial charge >= 0.3 is 0 Å². The van der Waals surface area contributed by atoms with E-state index in [1.165, 1.54) is 19.3 Å². The third kappa shape index (κ3) is 2.26. The van der Waals surface area contributed by atoms with E-state index in [9.17, 15) is 4.79 Å². The summed E-state index contributed by atoms with van der Waals surface area (Å²) in [7, 11) is 0. The van der Waals surface area contributed by atoms with Gasteiger partial charge in [-0.3, -0.25) is 9.48 Å². The average molecular weight is 221 g/mol. The molecule has 1 saturated carbocycles. The second kappa shape index (κ2) is 4.68. The molecule has 16 heavy (non-hydrogen) atoms. The van der Waals surface area contributed by atoms with Crippen LogP contribution in [-0.4, -0.2) is 22.2 Å². The molecule has 1 fully saturated rings. The highest BCUT2D eigenvalue weighted by atomic mass is 16.1. The molecule has 1 N–H and O–H groups in total. The van der Waals surface area contributed by atoms with Crippen LogP contribution in [0.25, 0.3) is 0 Å². The van der Waals surface area contributed by atoms with Crippen molar-refractivity contribution in [3.05, 3.63) is 17.5 Å². The largest absolute Gasteiger partial charge is 0.352 e. The van der Waals surface area contributed by atoms with Crippen LogP contribution >= 0.6 is 0 Å². The molecule has 0 spiro atoms. The maximum absolute atomic E-state index is 11.9. The fourth-order valence-electron chi connectivity index (χ4n) is 1.93. The van der Waals surface area contributed by atoms with E-state index >= 15 is 0 Å². The van der Waals surface area contributed by atoms with Crippen LogP contribution in [0.4, 0.5) is 0 Å². The van der Waals surface area contributed by atoms with Crippen molar-refractivity contribution >= 4 is 5.91 Å². The van der Waals surface area contributed by atoms with E-state index in [0.29, 0.717) is 11.5 Å². The van der Waals surface area contributed by atoms with Crippen LogP contribution in [0.1, 0.15) is 42.2 Å². The van der Waals surface area contributed by atoms with Crippen LogP contribution in [0, 0.1) is 12.8 Å². The molecular formula is C12H19N3O. The molecule has 1 aliphatic carbocycles. The molecule has 2 rings (SSSR count). The zero-order chi connectivity index (χ0) is 11.5. The summed E-state index contributed by atoms with van der Waals surface area (Å²) < 4.78 is 1.80. The number of carbonyl (C=O) groups excluding carboxylic acids is 1. The number of hydrogen-bond donors (Lipinski definition) is 1. The Kier molecular flexibility index (Phi) is 3.27. The second-order valence-corrected chi connectivity index (χ2v) is 4.49. The normalized spacial score (nSPS) is 15.9. The van der Waals surface area contributed by atoms with Crippen molar-refractivity contribution in [1.29, 1.82) is 0 Å². The molecule has 0 radical (unpaired) electrons. The summed E-state index contributed by atoms with van der Waals surface area (Å²) in [6.45, 7) is 5.51. The minimum atomic E-state index is 0.0177. The van der Waals surface area contributed by atoms with E-state index in [4.69, 9.17) is 0 Å². The number of nitrogens with one attached hydrogen (secondary N) is 1. The van der Waals surface area contributed by atoms with Crippen LogP contribution < -0.4 is 5.32 Å². The number of amides is 1. The number of rotatable bonds is 4. The standard InChI is InChI=1S/C12H19N3O/c1-3-15-8-11(9(2)14-15)12(16)13-7-10-5-4-6-10/h8,10H,3-7H2,1-2H3,(H,13,16). The lowest BCUT2D eigenvalue weighted by Gasteiger charge is -2.25. The summed E-state index contributed by atoms with van der Waals surface area (Å²) in [6, 6.07) is 0. The first-order chi connectivity index (χ1) is 7.70. The third-order valence-corrected chi connectivity index (χ3v) is 3.29. The van der Waals surface area contributed by atoms with E-state index in [-0.39, 0.29) is 5.91 Å². The Bertz CT molecular complexity index is 380. The molecule has 0 aliphatic heterocycles. The molecule has 88 valence electrons. The van der Waals surface area contributed by atoms with Crippen molar-refractivity contribution in [2.75, 3.05) is 6.54 Å². The summed E-state index contributed by atoms with van der Waals surface area (Å²) >= 11 is 0. The summed E-state index contributed by atoms with van der Waals surface area (Å²) in [6.07, 6.45) is 5.65.